The van der Waals surface area contributed by atoms with Gasteiger partial charge in [0.25, 0.3) is 0 Å². The second kappa shape index (κ2) is 6.79. The van der Waals surface area contributed by atoms with E-state index in [9.17, 15) is 9.59 Å². The monoisotopic (exact) mass is 322 g/mol. The van der Waals surface area contributed by atoms with E-state index in [4.69, 9.17) is 4.74 Å². The highest BCUT2D eigenvalue weighted by Crippen LogP contribution is 2.31. The van der Waals surface area contributed by atoms with Gasteiger partial charge in [0.05, 0.1) is 25.1 Å². The summed E-state index contributed by atoms with van der Waals surface area (Å²) in [6.07, 6.45) is 2.68. The lowest BCUT2D eigenvalue weighted by atomic mass is 9.96. The van der Waals surface area contributed by atoms with Gasteiger partial charge in [-0.15, -0.1) is 0 Å². The molecule has 0 spiro atoms. The first-order chi connectivity index (χ1) is 10.7. The largest absolute Gasteiger partial charge is 0.383 e. The maximum atomic E-state index is 12.6. The summed E-state index contributed by atoms with van der Waals surface area (Å²) >= 11 is 1.62. The van der Waals surface area contributed by atoms with Crippen LogP contribution in [0.1, 0.15) is 24.8 Å². The first-order valence-electron chi connectivity index (χ1n) is 7.79. The molecule has 2 fully saturated rings. The van der Waals surface area contributed by atoms with Crippen LogP contribution in [-0.2, 0) is 20.7 Å². The van der Waals surface area contributed by atoms with E-state index < -0.39 is 0 Å². The molecule has 0 bridgehead atoms. The van der Waals surface area contributed by atoms with Crippen molar-refractivity contribution in [3.63, 3.8) is 0 Å². The van der Waals surface area contributed by atoms with E-state index in [1.807, 2.05) is 26.6 Å². The molecule has 0 aliphatic carbocycles. The Morgan fingerprint density at radius 3 is 3.00 bits per heavy atom. The van der Waals surface area contributed by atoms with Gasteiger partial charge in [-0.05, 0) is 35.2 Å². The summed E-state index contributed by atoms with van der Waals surface area (Å²) in [6, 6.07) is 2.36. The van der Waals surface area contributed by atoms with Crippen molar-refractivity contribution >= 4 is 23.2 Å². The highest BCUT2D eigenvalue weighted by Gasteiger charge is 2.44. The van der Waals surface area contributed by atoms with Crippen molar-refractivity contribution in [3.8, 4) is 0 Å². The molecule has 2 atom stereocenters. The predicted molar refractivity (Wildman–Crippen MR) is 84.8 cm³/mol. The maximum Gasteiger partial charge on any atom is 0.227 e. The van der Waals surface area contributed by atoms with Crippen molar-refractivity contribution in [3.05, 3.63) is 22.4 Å². The topological polar surface area (TPSA) is 49.9 Å². The van der Waals surface area contributed by atoms with Gasteiger partial charge in [0, 0.05) is 26.6 Å². The Morgan fingerprint density at radius 1 is 1.41 bits per heavy atom. The van der Waals surface area contributed by atoms with Crippen LogP contribution in [0.4, 0.5) is 0 Å². The third-order valence-electron chi connectivity index (χ3n) is 4.68. The molecule has 2 aliphatic heterocycles. The fourth-order valence-electron chi connectivity index (χ4n) is 3.61. The second-order valence-corrected chi connectivity index (χ2v) is 6.72. The van der Waals surface area contributed by atoms with Gasteiger partial charge in [0.15, 0.2) is 0 Å². The minimum atomic E-state index is 0.169. The Labute approximate surface area is 134 Å². The molecule has 0 unspecified atom stereocenters. The van der Waals surface area contributed by atoms with Crippen LogP contribution in [0.5, 0.6) is 0 Å². The van der Waals surface area contributed by atoms with Crippen LogP contribution in [0.25, 0.3) is 0 Å². The Morgan fingerprint density at radius 2 is 2.27 bits per heavy atom. The van der Waals surface area contributed by atoms with Crippen LogP contribution in [-0.4, -0.2) is 60.5 Å². The lowest BCUT2D eigenvalue weighted by molar-refractivity contribution is -0.142. The van der Waals surface area contributed by atoms with E-state index in [0.29, 0.717) is 26.0 Å². The Hall–Kier alpha value is -1.40. The van der Waals surface area contributed by atoms with Gasteiger partial charge in [-0.25, -0.2) is 0 Å². The van der Waals surface area contributed by atoms with Crippen LogP contribution in [0.3, 0.4) is 0 Å². The van der Waals surface area contributed by atoms with Gasteiger partial charge in [0.1, 0.15) is 0 Å². The standard InChI is InChI=1S/C16H22N2O3S/c1-21-8-7-18-14-4-6-17(13(14)2-3-15(18)19)16(20)10-12-5-9-22-11-12/h5,9,11,13-14H,2-4,6-8,10H2,1H3/t13-,14-/m1/s1. The molecule has 0 radical (unpaired) electrons. The number of carbonyl (C=O) groups excluding carboxylic acids is 2. The molecule has 1 aromatic rings. The predicted octanol–water partition coefficient (Wildman–Crippen LogP) is 1.53. The average molecular weight is 322 g/mol. The normalized spacial score (nSPS) is 24.7. The quantitative estimate of drug-likeness (QED) is 0.826. The average Bonchev–Trinajstić information content (AvgIpc) is 3.15. The van der Waals surface area contributed by atoms with Crippen molar-refractivity contribution in [1.29, 1.82) is 0 Å². The van der Waals surface area contributed by atoms with E-state index in [1.54, 1.807) is 18.4 Å². The number of nitrogens with zero attached hydrogens (tertiary/aromatic N) is 2. The summed E-state index contributed by atoms with van der Waals surface area (Å²) in [5.41, 5.74) is 1.08. The molecule has 5 nitrogen and oxygen atoms in total. The van der Waals surface area contributed by atoms with E-state index in [2.05, 4.69) is 0 Å². The van der Waals surface area contributed by atoms with E-state index >= 15 is 0 Å². The first kappa shape index (κ1) is 15.5. The third kappa shape index (κ3) is 3.03. The van der Waals surface area contributed by atoms with Gasteiger partial charge in [-0.1, -0.05) is 0 Å². The van der Waals surface area contributed by atoms with Gasteiger partial charge in [-0.3, -0.25) is 9.59 Å². The SMILES string of the molecule is COCCN1C(=O)CC[C@@H]2[C@H]1CCN2C(=O)Cc1ccsc1. The van der Waals surface area contributed by atoms with Gasteiger partial charge >= 0.3 is 0 Å². The maximum absolute atomic E-state index is 12.6. The summed E-state index contributed by atoms with van der Waals surface area (Å²) in [5, 5.41) is 4.03. The number of carbonyl (C=O) groups is 2. The zero-order valence-corrected chi connectivity index (χ0v) is 13.7. The van der Waals surface area contributed by atoms with Crippen LogP contribution in [0, 0.1) is 0 Å². The molecule has 3 heterocycles. The lowest BCUT2D eigenvalue weighted by Gasteiger charge is -2.39. The summed E-state index contributed by atoms with van der Waals surface area (Å²) in [7, 11) is 1.65. The van der Waals surface area contributed by atoms with Crippen LogP contribution >= 0.6 is 11.3 Å². The van der Waals surface area contributed by atoms with Crippen LogP contribution < -0.4 is 0 Å². The number of rotatable bonds is 5. The smallest absolute Gasteiger partial charge is 0.227 e. The molecule has 0 saturated carbocycles. The lowest BCUT2D eigenvalue weighted by Crippen LogP contribution is -2.54. The fraction of sp³-hybridized carbons (Fsp3) is 0.625. The van der Waals surface area contributed by atoms with E-state index in [0.717, 1.165) is 24.9 Å². The van der Waals surface area contributed by atoms with Crippen molar-refractivity contribution in [2.75, 3.05) is 26.8 Å². The number of thiophene rings is 1. The molecular formula is C16H22N2O3S. The Kier molecular flexibility index (Phi) is 4.78. The summed E-state index contributed by atoms with van der Waals surface area (Å²) < 4.78 is 5.11. The summed E-state index contributed by atoms with van der Waals surface area (Å²) in [5.74, 6) is 0.386. The Bertz CT molecular complexity index is 532. The third-order valence-corrected chi connectivity index (χ3v) is 5.41. The molecule has 3 rings (SSSR count). The van der Waals surface area contributed by atoms with E-state index in [1.165, 1.54) is 0 Å². The molecule has 0 aromatic carbocycles. The molecule has 2 aliphatic rings. The highest BCUT2D eigenvalue weighted by atomic mass is 32.1. The first-order valence-corrected chi connectivity index (χ1v) is 8.74. The zero-order chi connectivity index (χ0) is 15.5. The molecule has 2 amide bonds. The number of amides is 2. The van der Waals surface area contributed by atoms with Gasteiger partial charge in [-0.2, -0.15) is 11.3 Å². The highest BCUT2D eigenvalue weighted by molar-refractivity contribution is 7.07. The number of ether oxygens (including phenoxy) is 1. The second-order valence-electron chi connectivity index (χ2n) is 5.94. The minimum Gasteiger partial charge on any atom is -0.383 e. The molecule has 22 heavy (non-hydrogen) atoms. The number of hydrogen-bond acceptors (Lipinski definition) is 4. The van der Waals surface area contributed by atoms with Crippen LogP contribution in [0.2, 0.25) is 0 Å². The number of hydrogen-bond donors (Lipinski definition) is 0. The summed E-state index contributed by atoms with van der Waals surface area (Å²) in [4.78, 5) is 28.6. The number of methoxy groups -OCH3 is 1. The van der Waals surface area contributed by atoms with Crippen molar-refractivity contribution in [2.45, 2.75) is 37.8 Å². The number of piperidine rings is 1. The molecule has 6 heteroatoms. The molecule has 1 aromatic heterocycles. The zero-order valence-electron chi connectivity index (χ0n) is 12.9. The minimum absolute atomic E-state index is 0.169. The van der Waals surface area contributed by atoms with Crippen molar-refractivity contribution in [1.82, 2.24) is 9.80 Å². The molecular weight excluding hydrogens is 300 g/mol. The van der Waals surface area contributed by atoms with Gasteiger partial charge in [0.2, 0.25) is 11.8 Å². The van der Waals surface area contributed by atoms with E-state index in [-0.39, 0.29) is 23.9 Å². The van der Waals surface area contributed by atoms with Crippen LogP contribution in [0.15, 0.2) is 16.8 Å². The number of fused-ring (bicyclic) bond motifs is 1. The summed E-state index contributed by atoms with van der Waals surface area (Å²) in [6.45, 7) is 1.94. The molecule has 2 saturated heterocycles. The fourth-order valence-corrected chi connectivity index (χ4v) is 4.28. The van der Waals surface area contributed by atoms with Gasteiger partial charge < -0.3 is 14.5 Å². The Balaban J connectivity index is 1.66. The van der Waals surface area contributed by atoms with Crippen molar-refractivity contribution < 1.29 is 14.3 Å². The van der Waals surface area contributed by atoms with Crippen molar-refractivity contribution in [2.24, 2.45) is 0 Å². The number of likely N-dealkylation sites (tertiary alicyclic amines) is 2. The molecule has 120 valence electrons. The molecule has 0 N–H and O–H groups in total.